The van der Waals surface area contributed by atoms with Crippen LogP contribution in [0.25, 0.3) is 0 Å². The molecular weight excluding hydrogens is 314 g/mol. The van der Waals surface area contributed by atoms with E-state index in [4.69, 9.17) is 0 Å². The second-order valence-electron chi connectivity index (χ2n) is 5.86. The van der Waals surface area contributed by atoms with Crippen LogP contribution in [0.3, 0.4) is 0 Å². The van der Waals surface area contributed by atoms with E-state index in [1.807, 2.05) is 11.8 Å². The number of hydrogen-bond donors (Lipinski definition) is 2. The number of rotatable bonds is 2. The van der Waals surface area contributed by atoms with Crippen LogP contribution in [0.15, 0.2) is 0 Å². The van der Waals surface area contributed by atoms with Crippen molar-refractivity contribution in [3.05, 3.63) is 22.8 Å². The Morgan fingerprint density at radius 3 is 2.83 bits per heavy atom. The summed E-state index contributed by atoms with van der Waals surface area (Å²) in [7, 11) is 0. The van der Waals surface area contributed by atoms with Crippen LogP contribution >= 0.6 is 11.5 Å². The van der Waals surface area contributed by atoms with Crippen molar-refractivity contribution in [3.63, 3.8) is 0 Å². The van der Waals surface area contributed by atoms with Crippen LogP contribution in [0.4, 0.5) is 5.13 Å². The predicted octanol–water partition coefficient (Wildman–Crippen LogP) is 0.178. The lowest BCUT2D eigenvalue weighted by atomic mass is 10.1. The average molecular weight is 333 g/mol. The van der Waals surface area contributed by atoms with Crippen LogP contribution in [0.2, 0.25) is 0 Å². The summed E-state index contributed by atoms with van der Waals surface area (Å²) in [6.45, 7) is 6.49. The Labute approximate surface area is 138 Å². The van der Waals surface area contributed by atoms with Crippen LogP contribution in [-0.2, 0) is 13.0 Å². The summed E-state index contributed by atoms with van der Waals surface area (Å²) in [6.07, 6.45) is 0.903. The number of carbonyl (C=O) groups is 1. The molecule has 9 heteroatoms. The Balaban J connectivity index is 1.44. The first kappa shape index (κ1) is 14.6. The second-order valence-corrected chi connectivity index (χ2v) is 6.59. The van der Waals surface area contributed by atoms with Crippen molar-refractivity contribution in [1.82, 2.24) is 29.8 Å². The molecule has 1 fully saturated rings. The predicted molar refractivity (Wildman–Crippen MR) is 86.8 cm³/mol. The van der Waals surface area contributed by atoms with E-state index in [9.17, 15) is 4.79 Å². The molecule has 2 aliphatic heterocycles. The standard InChI is InChI=1S/C14H19N7OS/c1-9-16-14(23-19-9)21-6-4-20(5-7-21)13(22)12-10-8-15-3-2-11(10)17-18-12/h15H,2-8H2,1H3,(H,17,18). The lowest BCUT2D eigenvalue weighted by Gasteiger charge is -2.34. The highest BCUT2D eigenvalue weighted by Gasteiger charge is 2.28. The summed E-state index contributed by atoms with van der Waals surface area (Å²) in [5.74, 6) is 0.832. The number of amides is 1. The third-order valence-corrected chi connectivity index (χ3v) is 5.23. The monoisotopic (exact) mass is 333 g/mol. The zero-order chi connectivity index (χ0) is 15.8. The second kappa shape index (κ2) is 5.89. The van der Waals surface area contributed by atoms with Gasteiger partial charge in [0.15, 0.2) is 5.69 Å². The van der Waals surface area contributed by atoms with Crippen LogP contribution < -0.4 is 10.2 Å². The van der Waals surface area contributed by atoms with Gasteiger partial charge in [-0.1, -0.05) is 0 Å². The molecular formula is C14H19N7OS. The largest absolute Gasteiger partial charge is 0.343 e. The smallest absolute Gasteiger partial charge is 0.274 e. The first-order valence-corrected chi connectivity index (χ1v) is 8.61. The summed E-state index contributed by atoms with van der Waals surface area (Å²) in [5.41, 5.74) is 2.70. The number of aryl methyl sites for hydroxylation is 1. The van der Waals surface area contributed by atoms with Gasteiger partial charge in [0.1, 0.15) is 5.82 Å². The van der Waals surface area contributed by atoms with Crippen LogP contribution in [0.5, 0.6) is 0 Å². The van der Waals surface area contributed by atoms with E-state index < -0.39 is 0 Å². The van der Waals surface area contributed by atoms with E-state index in [1.54, 1.807) is 0 Å². The van der Waals surface area contributed by atoms with Crippen molar-refractivity contribution >= 4 is 22.6 Å². The Hall–Kier alpha value is -2.00. The fourth-order valence-electron chi connectivity index (χ4n) is 3.07. The number of nitrogens with zero attached hydrogens (tertiary/aromatic N) is 5. The first-order valence-electron chi connectivity index (χ1n) is 7.84. The van der Waals surface area contributed by atoms with Crippen molar-refractivity contribution in [1.29, 1.82) is 0 Å². The zero-order valence-corrected chi connectivity index (χ0v) is 13.8. The minimum absolute atomic E-state index is 0.0271. The first-order chi connectivity index (χ1) is 11.2. The van der Waals surface area contributed by atoms with E-state index in [1.165, 1.54) is 11.5 Å². The van der Waals surface area contributed by atoms with Gasteiger partial charge in [0.25, 0.3) is 5.91 Å². The molecule has 1 amide bonds. The Morgan fingerprint density at radius 1 is 1.26 bits per heavy atom. The molecule has 0 unspecified atom stereocenters. The molecule has 4 heterocycles. The maximum Gasteiger partial charge on any atom is 0.274 e. The molecule has 122 valence electrons. The zero-order valence-electron chi connectivity index (χ0n) is 13.0. The number of piperazine rings is 1. The molecule has 1 saturated heterocycles. The van der Waals surface area contributed by atoms with Crippen molar-refractivity contribution in [2.75, 3.05) is 37.6 Å². The molecule has 8 nitrogen and oxygen atoms in total. The van der Waals surface area contributed by atoms with Gasteiger partial charge in [0, 0.05) is 68.5 Å². The number of aromatic nitrogens is 4. The summed E-state index contributed by atoms with van der Waals surface area (Å²) >= 11 is 1.42. The third kappa shape index (κ3) is 2.70. The van der Waals surface area contributed by atoms with E-state index in [-0.39, 0.29) is 5.91 Å². The van der Waals surface area contributed by atoms with E-state index >= 15 is 0 Å². The van der Waals surface area contributed by atoms with Crippen LogP contribution in [0, 0.1) is 6.92 Å². The van der Waals surface area contributed by atoms with E-state index in [2.05, 4.69) is 29.8 Å². The number of hydrogen-bond acceptors (Lipinski definition) is 7. The lowest BCUT2D eigenvalue weighted by Crippen LogP contribution is -2.49. The molecule has 4 rings (SSSR count). The van der Waals surface area contributed by atoms with Gasteiger partial charge >= 0.3 is 0 Å². The van der Waals surface area contributed by atoms with Gasteiger partial charge in [-0.15, -0.1) is 0 Å². The van der Waals surface area contributed by atoms with Gasteiger partial charge in [0.05, 0.1) is 0 Å². The molecule has 2 N–H and O–H groups in total. The van der Waals surface area contributed by atoms with Gasteiger partial charge in [-0.25, -0.2) is 4.98 Å². The van der Waals surface area contributed by atoms with E-state index in [0.29, 0.717) is 18.8 Å². The molecule has 2 aromatic rings. The maximum absolute atomic E-state index is 12.8. The number of H-pyrrole nitrogens is 1. The van der Waals surface area contributed by atoms with Gasteiger partial charge in [0.2, 0.25) is 5.13 Å². The number of nitrogens with one attached hydrogen (secondary N) is 2. The molecule has 0 aliphatic carbocycles. The Bertz CT molecular complexity index is 717. The summed E-state index contributed by atoms with van der Waals surface area (Å²) in [5, 5.41) is 11.5. The fourth-order valence-corrected chi connectivity index (χ4v) is 3.79. The summed E-state index contributed by atoms with van der Waals surface area (Å²) in [6, 6.07) is 0. The van der Waals surface area contributed by atoms with Crippen LogP contribution in [0.1, 0.15) is 27.6 Å². The van der Waals surface area contributed by atoms with Gasteiger partial charge in [-0.05, 0) is 6.92 Å². The lowest BCUT2D eigenvalue weighted by molar-refractivity contribution is 0.0739. The molecule has 0 radical (unpaired) electrons. The van der Waals surface area contributed by atoms with Crippen molar-refractivity contribution < 1.29 is 4.79 Å². The van der Waals surface area contributed by atoms with Gasteiger partial charge in [-0.3, -0.25) is 9.89 Å². The molecule has 2 aliphatic rings. The van der Waals surface area contributed by atoms with Gasteiger partial charge < -0.3 is 15.1 Å². The number of anilines is 1. The fraction of sp³-hybridized carbons (Fsp3) is 0.571. The highest BCUT2D eigenvalue weighted by Crippen LogP contribution is 2.21. The average Bonchev–Trinajstić information content (AvgIpc) is 3.21. The van der Waals surface area contributed by atoms with Gasteiger partial charge in [-0.2, -0.15) is 9.47 Å². The molecule has 0 aromatic carbocycles. The SMILES string of the molecule is Cc1nsc(N2CCN(C(=O)c3n[nH]c4c3CNCC4)CC2)n1. The normalized spacial score (nSPS) is 18.1. The molecule has 0 bridgehead atoms. The van der Waals surface area contributed by atoms with E-state index in [0.717, 1.165) is 54.8 Å². The maximum atomic E-state index is 12.8. The molecule has 0 atom stereocenters. The quantitative estimate of drug-likeness (QED) is 0.815. The number of fused-ring (bicyclic) bond motifs is 1. The highest BCUT2D eigenvalue weighted by molar-refractivity contribution is 7.09. The summed E-state index contributed by atoms with van der Waals surface area (Å²) in [4.78, 5) is 21.2. The molecule has 0 saturated carbocycles. The van der Waals surface area contributed by atoms with Crippen molar-refractivity contribution in [2.24, 2.45) is 0 Å². The Kier molecular flexibility index (Phi) is 3.74. The summed E-state index contributed by atoms with van der Waals surface area (Å²) < 4.78 is 4.22. The van der Waals surface area contributed by atoms with Crippen molar-refractivity contribution in [2.45, 2.75) is 19.9 Å². The Morgan fingerprint density at radius 2 is 2.09 bits per heavy atom. The number of carbonyl (C=O) groups excluding carboxylic acids is 1. The molecule has 23 heavy (non-hydrogen) atoms. The minimum atomic E-state index is 0.0271. The molecule has 2 aromatic heterocycles. The minimum Gasteiger partial charge on any atom is -0.343 e. The van der Waals surface area contributed by atoms with Crippen LogP contribution in [-0.4, -0.2) is 63.1 Å². The highest BCUT2D eigenvalue weighted by atomic mass is 32.1. The molecule has 0 spiro atoms. The third-order valence-electron chi connectivity index (χ3n) is 4.36. The topological polar surface area (TPSA) is 90.0 Å². The number of aromatic amines is 1. The van der Waals surface area contributed by atoms with Crippen molar-refractivity contribution in [3.8, 4) is 0 Å².